The van der Waals surface area contributed by atoms with E-state index in [-0.39, 0.29) is 0 Å². The molecule has 90 valence electrons. The van der Waals surface area contributed by atoms with E-state index in [4.69, 9.17) is 4.74 Å². The molecule has 2 N–H and O–H groups in total. The average Bonchev–Trinajstić information content (AvgIpc) is 2.27. The maximum atomic E-state index is 9.62. The van der Waals surface area contributed by atoms with Gasteiger partial charge in [-0.1, -0.05) is 13.0 Å². The van der Waals surface area contributed by atoms with Gasteiger partial charge in [0.15, 0.2) is 0 Å². The van der Waals surface area contributed by atoms with Crippen LogP contribution >= 0.6 is 22.6 Å². The van der Waals surface area contributed by atoms with Gasteiger partial charge in [0.25, 0.3) is 0 Å². The smallest absolute Gasteiger partial charge is 0.120 e. The van der Waals surface area contributed by atoms with Gasteiger partial charge in [0, 0.05) is 10.1 Å². The summed E-state index contributed by atoms with van der Waals surface area (Å²) >= 11 is 2.24. The minimum atomic E-state index is -0.454. The van der Waals surface area contributed by atoms with E-state index in [1.807, 2.05) is 24.3 Å². The molecule has 0 aliphatic rings. The normalized spacial score (nSPS) is 12.4. The Morgan fingerprint density at radius 3 is 3.00 bits per heavy atom. The van der Waals surface area contributed by atoms with Crippen LogP contribution in [-0.2, 0) is 0 Å². The number of aliphatic hydroxyl groups excluding tert-OH is 1. The van der Waals surface area contributed by atoms with Crippen molar-refractivity contribution in [2.24, 2.45) is 0 Å². The van der Waals surface area contributed by atoms with Crippen molar-refractivity contribution in [1.29, 1.82) is 0 Å². The molecule has 0 saturated carbocycles. The fourth-order valence-corrected chi connectivity index (χ4v) is 1.77. The molecule has 0 amide bonds. The van der Waals surface area contributed by atoms with E-state index in [9.17, 15) is 5.11 Å². The first-order chi connectivity index (χ1) is 7.72. The zero-order valence-corrected chi connectivity index (χ0v) is 11.6. The minimum absolute atomic E-state index is 0.330. The molecule has 0 spiro atoms. The predicted molar refractivity (Wildman–Crippen MR) is 73.8 cm³/mol. The topological polar surface area (TPSA) is 41.5 Å². The van der Waals surface area contributed by atoms with Crippen molar-refractivity contribution in [3.63, 3.8) is 0 Å². The number of benzene rings is 1. The van der Waals surface area contributed by atoms with Crippen LogP contribution in [0.5, 0.6) is 5.75 Å². The second kappa shape index (κ2) is 7.86. The molecule has 3 nitrogen and oxygen atoms in total. The lowest BCUT2D eigenvalue weighted by Gasteiger charge is -2.13. The Morgan fingerprint density at radius 2 is 2.31 bits per heavy atom. The molecule has 4 heteroatoms. The quantitative estimate of drug-likeness (QED) is 0.592. The summed E-state index contributed by atoms with van der Waals surface area (Å²) in [5, 5.41) is 12.8. The summed E-state index contributed by atoms with van der Waals surface area (Å²) in [5.41, 5.74) is 0. The van der Waals surface area contributed by atoms with E-state index in [0.717, 1.165) is 22.3 Å². The Kier molecular flexibility index (Phi) is 6.75. The molecule has 1 rings (SSSR count). The van der Waals surface area contributed by atoms with E-state index in [2.05, 4.69) is 34.8 Å². The molecule has 0 bridgehead atoms. The maximum absolute atomic E-state index is 9.62. The molecular formula is C12H18INO2. The number of aliphatic hydroxyl groups is 1. The first kappa shape index (κ1) is 13.7. The number of hydrogen-bond acceptors (Lipinski definition) is 3. The number of rotatable bonds is 7. The number of hydrogen-bond donors (Lipinski definition) is 2. The van der Waals surface area contributed by atoms with Crippen molar-refractivity contribution in [2.45, 2.75) is 19.4 Å². The predicted octanol–water partition coefficient (Wildman–Crippen LogP) is 2.03. The van der Waals surface area contributed by atoms with Crippen LogP contribution in [0.15, 0.2) is 24.3 Å². The van der Waals surface area contributed by atoms with Gasteiger partial charge in [-0.3, -0.25) is 0 Å². The van der Waals surface area contributed by atoms with Crippen molar-refractivity contribution in [1.82, 2.24) is 5.32 Å². The highest BCUT2D eigenvalue weighted by atomic mass is 127. The molecule has 16 heavy (non-hydrogen) atoms. The second-order valence-corrected chi connectivity index (χ2v) is 4.87. The van der Waals surface area contributed by atoms with Crippen molar-refractivity contribution < 1.29 is 9.84 Å². The van der Waals surface area contributed by atoms with E-state index < -0.39 is 6.10 Å². The third kappa shape index (κ3) is 5.67. The fourth-order valence-electron chi connectivity index (χ4n) is 1.25. The molecule has 1 unspecified atom stereocenters. The van der Waals surface area contributed by atoms with Crippen LogP contribution in [0.25, 0.3) is 0 Å². The number of halogens is 1. The van der Waals surface area contributed by atoms with Crippen LogP contribution in [0.4, 0.5) is 0 Å². The molecule has 1 atom stereocenters. The Labute approximate surface area is 110 Å². The first-order valence-electron chi connectivity index (χ1n) is 5.49. The Balaban J connectivity index is 2.23. The van der Waals surface area contributed by atoms with Gasteiger partial charge in [-0.2, -0.15) is 0 Å². The molecule has 0 aliphatic heterocycles. The summed E-state index contributed by atoms with van der Waals surface area (Å²) in [7, 11) is 0. The van der Waals surface area contributed by atoms with Gasteiger partial charge in [-0.05, 0) is 53.8 Å². The summed E-state index contributed by atoms with van der Waals surface area (Å²) in [4.78, 5) is 0. The molecule has 0 heterocycles. The largest absolute Gasteiger partial charge is 0.491 e. The zero-order chi connectivity index (χ0) is 11.8. The van der Waals surface area contributed by atoms with Gasteiger partial charge >= 0.3 is 0 Å². The standard InChI is InChI=1S/C12H18INO2/c1-2-6-14-8-11(15)9-16-12-5-3-4-10(13)7-12/h3-5,7,11,14-15H,2,6,8-9H2,1H3. The van der Waals surface area contributed by atoms with Crippen LogP contribution < -0.4 is 10.1 Å². The molecule has 0 saturated heterocycles. The fraction of sp³-hybridized carbons (Fsp3) is 0.500. The number of ether oxygens (including phenoxy) is 1. The molecule has 0 radical (unpaired) electrons. The van der Waals surface area contributed by atoms with Gasteiger partial charge in [0.05, 0.1) is 0 Å². The molecule has 1 aromatic carbocycles. The van der Waals surface area contributed by atoms with Crippen LogP contribution in [0.3, 0.4) is 0 Å². The third-order valence-corrected chi connectivity index (χ3v) is 2.72. The summed E-state index contributed by atoms with van der Waals surface area (Å²) in [5.74, 6) is 0.807. The molecular weight excluding hydrogens is 317 g/mol. The zero-order valence-electron chi connectivity index (χ0n) is 9.45. The summed E-state index contributed by atoms with van der Waals surface area (Å²) in [6, 6.07) is 7.80. The van der Waals surface area contributed by atoms with Crippen LogP contribution in [0.2, 0.25) is 0 Å². The lowest BCUT2D eigenvalue weighted by Crippen LogP contribution is -2.31. The molecule has 0 aliphatic carbocycles. The van der Waals surface area contributed by atoms with E-state index >= 15 is 0 Å². The summed E-state index contributed by atoms with van der Waals surface area (Å²) < 4.78 is 6.62. The van der Waals surface area contributed by atoms with E-state index in [0.29, 0.717) is 13.2 Å². The Bertz CT molecular complexity index is 307. The van der Waals surface area contributed by atoms with Crippen molar-refractivity contribution in [2.75, 3.05) is 19.7 Å². The Hall–Kier alpha value is -0.330. The van der Waals surface area contributed by atoms with Crippen molar-refractivity contribution >= 4 is 22.6 Å². The van der Waals surface area contributed by atoms with Gasteiger partial charge in [-0.25, -0.2) is 0 Å². The molecule has 0 fully saturated rings. The molecule has 0 aromatic heterocycles. The summed E-state index contributed by atoms with van der Waals surface area (Å²) in [6.45, 7) is 3.94. The molecule has 1 aromatic rings. The van der Waals surface area contributed by atoms with E-state index in [1.165, 1.54) is 0 Å². The average molecular weight is 335 g/mol. The van der Waals surface area contributed by atoms with E-state index in [1.54, 1.807) is 0 Å². The number of nitrogens with one attached hydrogen (secondary N) is 1. The highest BCUT2D eigenvalue weighted by Crippen LogP contribution is 2.14. The lowest BCUT2D eigenvalue weighted by molar-refractivity contribution is 0.106. The van der Waals surface area contributed by atoms with Crippen LogP contribution in [-0.4, -0.2) is 30.9 Å². The van der Waals surface area contributed by atoms with Gasteiger partial charge < -0.3 is 15.2 Å². The Morgan fingerprint density at radius 1 is 1.50 bits per heavy atom. The SMILES string of the molecule is CCCNCC(O)COc1cccc(I)c1. The summed E-state index contributed by atoms with van der Waals surface area (Å²) in [6.07, 6.45) is 0.620. The second-order valence-electron chi connectivity index (χ2n) is 3.63. The van der Waals surface area contributed by atoms with Gasteiger partial charge in [-0.15, -0.1) is 0 Å². The lowest BCUT2D eigenvalue weighted by atomic mass is 10.3. The maximum Gasteiger partial charge on any atom is 0.120 e. The van der Waals surface area contributed by atoms with Gasteiger partial charge in [0.2, 0.25) is 0 Å². The van der Waals surface area contributed by atoms with Crippen LogP contribution in [0.1, 0.15) is 13.3 Å². The van der Waals surface area contributed by atoms with Gasteiger partial charge in [0.1, 0.15) is 18.5 Å². The highest BCUT2D eigenvalue weighted by Gasteiger charge is 2.04. The first-order valence-corrected chi connectivity index (χ1v) is 6.57. The third-order valence-electron chi connectivity index (χ3n) is 2.05. The monoisotopic (exact) mass is 335 g/mol. The van der Waals surface area contributed by atoms with Crippen LogP contribution in [0, 0.1) is 3.57 Å². The van der Waals surface area contributed by atoms with Crippen molar-refractivity contribution in [3.05, 3.63) is 27.8 Å². The van der Waals surface area contributed by atoms with Crippen molar-refractivity contribution in [3.8, 4) is 5.75 Å². The highest BCUT2D eigenvalue weighted by molar-refractivity contribution is 14.1. The minimum Gasteiger partial charge on any atom is -0.491 e.